The van der Waals surface area contributed by atoms with Gasteiger partial charge in [0.2, 0.25) is 5.91 Å². The molecule has 0 unspecified atom stereocenters. The SMILES string of the molecule is O=C(NNC(=O)C1CCC1)c1cc2c(s1)CCC2. The Morgan fingerprint density at radius 1 is 1.17 bits per heavy atom. The third-order valence-electron chi connectivity index (χ3n) is 3.75. The van der Waals surface area contributed by atoms with Crippen LogP contribution in [0.5, 0.6) is 0 Å². The molecule has 18 heavy (non-hydrogen) atoms. The first-order chi connectivity index (χ1) is 8.74. The molecule has 0 saturated heterocycles. The van der Waals surface area contributed by atoms with E-state index < -0.39 is 0 Å². The van der Waals surface area contributed by atoms with Crippen LogP contribution in [0, 0.1) is 5.92 Å². The monoisotopic (exact) mass is 264 g/mol. The summed E-state index contributed by atoms with van der Waals surface area (Å²) in [5, 5.41) is 0. The largest absolute Gasteiger partial charge is 0.279 e. The number of hydrazine groups is 1. The van der Waals surface area contributed by atoms with Crippen LogP contribution in [0.4, 0.5) is 0 Å². The van der Waals surface area contributed by atoms with Gasteiger partial charge < -0.3 is 0 Å². The van der Waals surface area contributed by atoms with Gasteiger partial charge in [-0.1, -0.05) is 6.42 Å². The average Bonchev–Trinajstić information content (AvgIpc) is 2.82. The van der Waals surface area contributed by atoms with E-state index in [1.165, 1.54) is 16.9 Å². The normalized spacial score (nSPS) is 18.0. The van der Waals surface area contributed by atoms with E-state index in [-0.39, 0.29) is 17.7 Å². The van der Waals surface area contributed by atoms with E-state index in [9.17, 15) is 9.59 Å². The van der Waals surface area contributed by atoms with Crippen LogP contribution in [-0.2, 0) is 17.6 Å². The zero-order valence-corrected chi connectivity index (χ0v) is 10.9. The number of hydrogen-bond donors (Lipinski definition) is 2. The van der Waals surface area contributed by atoms with Crippen molar-refractivity contribution in [2.24, 2.45) is 5.92 Å². The molecule has 1 aromatic heterocycles. The second-order valence-corrected chi connectivity index (χ2v) is 6.12. The lowest BCUT2D eigenvalue weighted by molar-refractivity contribution is -0.128. The third-order valence-corrected chi connectivity index (χ3v) is 4.98. The van der Waals surface area contributed by atoms with Crippen molar-refractivity contribution in [3.63, 3.8) is 0 Å². The Balaban J connectivity index is 1.55. The van der Waals surface area contributed by atoms with E-state index in [4.69, 9.17) is 0 Å². The molecule has 3 rings (SSSR count). The van der Waals surface area contributed by atoms with E-state index in [2.05, 4.69) is 10.9 Å². The molecule has 0 spiro atoms. The zero-order chi connectivity index (χ0) is 12.5. The Labute approximate surface area is 110 Å². The molecule has 1 aromatic rings. The second kappa shape index (κ2) is 4.72. The lowest BCUT2D eigenvalue weighted by Crippen LogP contribution is -2.45. The summed E-state index contributed by atoms with van der Waals surface area (Å²) in [4.78, 5) is 25.5. The van der Waals surface area contributed by atoms with Crippen LogP contribution in [0.1, 0.15) is 45.8 Å². The molecule has 1 saturated carbocycles. The maximum absolute atomic E-state index is 11.9. The molecular weight excluding hydrogens is 248 g/mol. The van der Waals surface area contributed by atoms with Crippen molar-refractivity contribution < 1.29 is 9.59 Å². The number of nitrogens with one attached hydrogen (secondary N) is 2. The summed E-state index contributed by atoms with van der Waals surface area (Å²) in [5.74, 6) is -0.153. The molecule has 0 aromatic carbocycles. The van der Waals surface area contributed by atoms with Crippen molar-refractivity contribution in [3.05, 3.63) is 21.4 Å². The van der Waals surface area contributed by atoms with Gasteiger partial charge in [0.1, 0.15) is 0 Å². The van der Waals surface area contributed by atoms with E-state index in [0.717, 1.165) is 32.1 Å². The molecule has 0 bridgehead atoms. The molecular formula is C13H16N2O2S. The van der Waals surface area contributed by atoms with E-state index >= 15 is 0 Å². The molecule has 2 amide bonds. The molecule has 2 aliphatic carbocycles. The minimum Gasteiger partial charge on any atom is -0.273 e. The Bertz CT molecular complexity index is 470. The van der Waals surface area contributed by atoms with Crippen LogP contribution < -0.4 is 10.9 Å². The third kappa shape index (κ3) is 2.14. The maximum Gasteiger partial charge on any atom is 0.279 e. The van der Waals surface area contributed by atoms with E-state index in [1.807, 2.05) is 6.07 Å². The minimum absolute atomic E-state index is 0.0568. The topological polar surface area (TPSA) is 58.2 Å². The van der Waals surface area contributed by atoms with Gasteiger partial charge in [-0.2, -0.15) is 0 Å². The van der Waals surface area contributed by atoms with Crippen molar-refractivity contribution in [1.29, 1.82) is 0 Å². The van der Waals surface area contributed by atoms with E-state index in [1.54, 1.807) is 11.3 Å². The van der Waals surface area contributed by atoms with Crippen molar-refractivity contribution in [2.75, 3.05) is 0 Å². The van der Waals surface area contributed by atoms with Gasteiger partial charge in [-0.3, -0.25) is 20.4 Å². The van der Waals surface area contributed by atoms with Gasteiger partial charge in [-0.05, 0) is 43.7 Å². The van der Waals surface area contributed by atoms with Crippen LogP contribution in [0.2, 0.25) is 0 Å². The van der Waals surface area contributed by atoms with Crippen LogP contribution in [0.3, 0.4) is 0 Å². The summed E-state index contributed by atoms with van der Waals surface area (Å²) in [6, 6.07) is 1.96. The predicted molar refractivity (Wildman–Crippen MR) is 69.3 cm³/mol. The van der Waals surface area contributed by atoms with Crippen LogP contribution in [0.15, 0.2) is 6.07 Å². The Morgan fingerprint density at radius 2 is 2.00 bits per heavy atom. The highest BCUT2D eigenvalue weighted by Gasteiger charge is 2.25. The number of thiophene rings is 1. The first kappa shape index (κ1) is 11.7. The van der Waals surface area contributed by atoms with Crippen molar-refractivity contribution in [3.8, 4) is 0 Å². The molecule has 0 radical (unpaired) electrons. The van der Waals surface area contributed by atoms with Gasteiger partial charge in [-0.25, -0.2) is 0 Å². The highest BCUT2D eigenvalue weighted by Crippen LogP contribution is 2.30. The molecule has 4 nitrogen and oxygen atoms in total. The maximum atomic E-state index is 11.9. The van der Waals surface area contributed by atoms with Crippen LogP contribution in [0.25, 0.3) is 0 Å². The first-order valence-corrected chi connectivity index (χ1v) is 7.27. The van der Waals surface area contributed by atoms with Crippen molar-refractivity contribution >= 4 is 23.2 Å². The molecule has 2 N–H and O–H groups in total. The van der Waals surface area contributed by atoms with Crippen molar-refractivity contribution in [2.45, 2.75) is 38.5 Å². The summed E-state index contributed by atoms with van der Waals surface area (Å²) in [6.45, 7) is 0. The molecule has 2 aliphatic rings. The number of aryl methyl sites for hydroxylation is 2. The molecule has 0 aliphatic heterocycles. The van der Waals surface area contributed by atoms with Gasteiger partial charge >= 0.3 is 0 Å². The number of carbonyl (C=O) groups is 2. The van der Waals surface area contributed by atoms with Crippen LogP contribution in [-0.4, -0.2) is 11.8 Å². The number of amides is 2. The average molecular weight is 264 g/mol. The zero-order valence-electron chi connectivity index (χ0n) is 10.1. The highest BCUT2D eigenvalue weighted by molar-refractivity contribution is 7.14. The second-order valence-electron chi connectivity index (χ2n) is 4.98. The Kier molecular flexibility index (Phi) is 3.07. The Hall–Kier alpha value is -1.36. The predicted octanol–water partition coefficient (Wildman–Crippen LogP) is 1.80. The molecule has 1 heterocycles. The lowest BCUT2D eigenvalue weighted by atomic mass is 9.85. The smallest absolute Gasteiger partial charge is 0.273 e. The van der Waals surface area contributed by atoms with E-state index in [0.29, 0.717) is 4.88 Å². The molecule has 0 atom stereocenters. The molecule has 5 heteroatoms. The van der Waals surface area contributed by atoms with Crippen molar-refractivity contribution in [1.82, 2.24) is 10.9 Å². The van der Waals surface area contributed by atoms with Gasteiger partial charge in [0.05, 0.1) is 4.88 Å². The quantitative estimate of drug-likeness (QED) is 0.800. The van der Waals surface area contributed by atoms with Crippen LogP contribution >= 0.6 is 11.3 Å². The fourth-order valence-electron chi connectivity index (χ4n) is 2.39. The molecule has 1 fully saturated rings. The molecule has 96 valence electrons. The number of fused-ring (bicyclic) bond motifs is 1. The summed E-state index contributed by atoms with van der Waals surface area (Å²) >= 11 is 1.55. The summed E-state index contributed by atoms with van der Waals surface area (Å²) in [6.07, 6.45) is 6.35. The lowest BCUT2D eigenvalue weighted by Gasteiger charge is -2.23. The number of hydrogen-bond acceptors (Lipinski definition) is 3. The summed E-state index contributed by atoms with van der Waals surface area (Å²) < 4.78 is 0. The van der Waals surface area contributed by atoms with Gasteiger partial charge in [-0.15, -0.1) is 11.3 Å². The number of carbonyl (C=O) groups excluding carboxylic acids is 2. The minimum atomic E-state index is -0.193. The van der Waals surface area contributed by atoms with Gasteiger partial charge in [0, 0.05) is 10.8 Å². The fraction of sp³-hybridized carbons (Fsp3) is 0.538. The standard InChI is InChI=1S/C13H16N2O2S/c16-12(8-3-1-4-8)14-15-13(17)11-7-9-5-2-6-10(9)18-11/h7-8H,1-6H2,(H,14,16)(H,15,17). The highest BCUT2D eigenvalue weighted by atomic mass is 32.1. The number of rotatable bonds is 2. The fourth-order valence-corrected chi connectivity index (χ4v) is 3.54. The van der Waals surface area contributed by atoms with Gasteiger partial charge in [0.15, 0.2) is 0 Å². The Morgan fingerprint density at radius 3 is 2.67 bits per heavy atom. The summed E-state index contributed by atoms with van der Waals surface area (Å²) in [5.41, 5.74) is 6.33. The van der Waals surface area contributed by atoms with Gasteiger partial charge in [0.25, 0.3) is 5.91 Å². The first-order valence-electron chi connectivity index (χ1n) is 6.46. The summed E-state index contributed by atoms with van der Waals surface area (Å²) in [7, 11) is 0.